The van der Waals surface area contributed by atoms with Gasteiger partial charge in [-0.2, -0.15) is 0 Å². The van der Waals surface area contributed by atoms with Crippen molar-refractivity contribution in [1.29, 1.82) is 0 Å². The summed E-state index contributed by atoms with van der Waals surface area (Å²) < 4.78 is 6.46. The summed E-state index contributed by atoms with van der Waals surface area (Å²) >= 11 is 1.56. The van der Waals surface area contributed by atoms with E-state index >= 15 is 0 Å². The van der Waals surface area contributed by atoms with Gasteiger partial charge in [0.1, 0.15) is 5.01 Å². The van der Waals surface area contributed by atoms with Gasteiger partial charge >= 0.3 is 5.97 Å². The van der Waals surface area contributed by atoms with Gasteiger partial charge in [0.2, 0.25) is 0 Å². The summed E-state index contributed by atoms with van der Waals surface area (Å²) in [6.07, 6.45) is 1.04. The lowest BCUT2D eigenvalue weighted by Crippen LogP contribution is -1.99. The monoisotopic (exact) mass is 265 g/mol. The first-order valence-corrected chi connectivity index (χ1v) is 6.68. The zero-order chi connectivity index (χ0) is 13.0. The number of ether oxygens (including phenoxy) is 1. The summed E-state index contributed by atoms with van der Waals surface area (Å²) in [5, 5.41) is 9.69. The number of hydrogen-bond acceptors (Lipinski definition) is 4. The van der Waals surface area contributed by atoms with Crippen molar-refractivity contribution in [2.45, 2.75) is 26.4 Å². The van der Waals surface area contributed by atoms with Gasteiger partial charge in [-0.05, 0) is 24.1 Å². The van der Waals surface area contributed by atoms with Gasteiger partial charge in [0.25, 0.3) is 0 Å². The van der Waals surface area contributed by atoms with E-state index in [1.165, 1.54) is 0 Å². The number of aromatic nitrogens is 1. The van der Waals surface area contributed by atoms with Crippen LogP contribution in [0.2, 0.25) is 0 Å². The highest BCUT2D eigenvalue weighted by atomic mass is 32.1. The zero-order valence-electron chi connectivity index (χ0n) is 10.2. The smallest absolute Gasteiger partial charge is 0.307 e. The molecule has 2 aromatic rings. The summed E-state index contributed by atoms with van der Waals surface area (Å²) in [5.41, 5.74) is 1.71. The first kappa shape index (κ1) is 13.0. The number of rotatable bonds is 6. The molecule has 96 valence electrons. The Hall–Kier alpha value is -1.46. The van der Waals surface area contributed by atoms with Gasteiger partial charge in [-0.1, -0.05) is 13.0 Å². The van der Waals surface area contributed by atoms with E-state index in [1.54, 1.807) is 11.3 Å². The van der Waals surface area contributed by atoms with E-state index in [1.807, 2.05) is 18.2 Å². The minimum absolute atomic E-state index is 0.0511. The quantitative estimate of drug-likeness (QED) is 0.816. The Kier molecular flexibility index (Phi) is 4.28. The van der Waals surface area contributed by atoms with Crippen molar-refractivity contribution in [3.63, 3.8) is 0 Å². The maximum atomic E-state index is 10.7. The lowest BCUT2D eigenvalue weighted by molar-refractivity contribution is -0.136. The van der Waals surface area contributed by atoms with Crippen LogP contribution in [-0.4, -0.2) is 22.7 Å². The highest BCUT2D eigenvalue weighted by Crippen LogP contribution is 2.24. The van der Waals surface area contributed by atoms with Gasteiger partial charge < -0.3 is 9.84 Å². The summed E-state index contributed by atoms with van der Waals surface area (Å²) in [5.74, 6) is -0.814. The Balaban J connectivity index is 2.14. The fourth-order valence-electron chi connectivity index (χ4n) is 1.67. The molecule has 1 N–H and O–H groups in total. The van der Waals surface area contributed by atoms with Crippen molar-refractivity contribution >= 4 is 27.5 Å². The maximum absolute atomic E-state index is 10.7. The van der Waals surface area contributed by atoms with Crippen LogP contribution in [0.15, 0.2) is 18.2 Å². The molecule has 1 aromatic heterocycles. The molecular formula is C13H15NO3S. The molecule has 0 saturated heterocycles. The number of carbonyl (C=O) groups is 1. The van der Waals surface area contributed by atoms with Crippen molar-refractivity contribution in [1.82, 2.24) is 4.98 Å². The topological polar surface area (TPSA) is 59.4 Å². The molecule has 1 heterocycles. The third kappa shape index (κ3) is 3.27. The minimum atomic E-state index is -0.814. The van der Waals surface area contributed by atoms with Gasteiger partial charge in [-0.15, -0.1) is 11.3 Å². The number of hydrogen-bond donors (Lipinski definition) is 1. The molecule has 0 unspecified atom stereocenters. The number of thiazole rings is 1. The van der Waals surface area contributed by atoms with Crippen LogP contribution in [-0.2, 0) is 22.6 Å². The normalized spacial score (nSPS) is 10.9. The van der Waals surface area contributed by atoms with Gasteiger partial charge in [0, 0.05) is 6.61 Å². The number of benzene rings is 1. The zero-order valence-corrected chi connectivity index (χ0v) is 11.0. The van der Waals surface area contributed by atoms with Crippen molar-refractivity contribution in [3.8, 4) is 0 Å². The summed E-state index contributed by atoms with van der Waals surface area (Å²) in [6, 6.07) is 5.57. The van der Waals surface area contributed by atoms with Gasteiger partial charge in [0.15, 0.2) is 0 Å². The highest BCUT2D eigenvalue weighted by molar-refractivity contribution is 7.18. The standard InChI is InChI=1S/C13H15NO3S/c1-2-5-17-8-12-14-10-4-3-9(7-13(15)16)6-11(10)18-12/h3-4,6H,2,5,7-8H2,1H3,(H,15,16). The predicted octanol–water partition coefficient (Wildman–Crippen LogP) is 2.85. The first-order chi connectivity index (χ1) is 8.69. The highest BCUT2D eigenvalue weighted by Gasteiger charge is 2.06. The molecule has 2 rings (SSSR count). The second-order valence-corrected chi connectivity index (χ2v) is 5.15. The molecule has 0 aliphatic rings. The van der Waals surface area contributed by atoms with E-state index in [2.05, 4.69) is 11.9 Å². The molecular weight excluding hydrogens is 250 g/mol. The first-order valence-electron chi connectivity index (χ1n) is 5.87. The van der Waals surface area contributed by atoms with Crippen LogP contribution >= 0.6 is 11.3 Å². The molecule has 18 heavy (non-hydrogen) atoms. The van der Waals surface area contributed by atoms with Gasteiger partial charge in [-0.25, -0.2) is 4.98 Å². The van der Waals surface area contributed by atoms with Crippen LogP contribution in [0.5, 0.6) is 0 Å². The van der Waals surface area contributed by atoms with Crippen molar-refractivity contribution in [3.05, 3.63) is 28.8 Å². The third-order valence-corrected chi connectivity index (χ3v) is 3.42. The van der Waals surface area contributed by atoms with E-state index in [0.29, 0.717) is 6.61 Å². The number of nitrogens with zero attached hydrogens (tertiary/aromatic N) is 1. The van der Waals surface area contributed by atoms with E-state index < -0.39 is 5.97 Å². The fourth-order valence-corrected chi connectivity index (χ4v) is 2.64. The van der Waals surface area contributed by atoms with E-state index in [-0.39, 0.29) is 6.42 Å². The molecule has 0 spiro atoms. The van der Waals surface area contributed by atoms with E-state index in [0.717, 1.165) is 33.8 Å². The Morgan fingerprint density at radius 3 is 3.06 bits per heavy atom. The van der Waals surface area contributed by atoms with Crippen molar-refractivity contribution < 1.29 is 14.6 Å². The van der Waals surface area contributed by atoms with Crippen LogP contribution in [0, 0.1) is 0 Å². The second kappa shape index (κ2) is 5.93. The molecule has 0 aliphatic carbocycles. The molecule has 0 atom stereocenters. The molecule has 0 saturated carbocycles. The van der Waals surface area contributed by atoms with Crippen LogP contribution in [0.3, 0.4) is 0 Å². The molecule has 0 radical (unpaired) electrons. The molecule has 4 nitrogen and oxygen atoms in total. The average Bonchev–Trinajstić information content (AvgIpc) is 2.70. The molecule has 0 fully saturated rings. The predicted molar refractivity (Wildman–Crippen MR) is 70.9 cm³/mol. The number of fused-ring (bicyclic) bond motifs is 1. The third-order valence-electron chi connectivity index (χ3n) is 2.43. The maximum Gasteiger partial charge on any atom is 0.307 e. The summed E-state index contributed by atoms with van der Waals surface area (Å²) in [7, 11) is 0. The van der Waals surface area contributed by atoms with Gasteiger partial charge in [-0.3, -0.25) is 4.79 Å². The average molecular weight is 265 g/mol. The Morgan fingerprint density at radius 2 is 2.33 bits per heavy atom. The molecule has 0 amide bonds. The van der Waals surface area contributed by atoms with Crippen LogP contribution in [0.1, 0.15) is 23.9 Å². The minimum Gasteiger partial charge on any atom is -0.481 e. The van der Waals surface area contributed by atoms with Crippen LogP contribution < -0.4 is 0 Å². The van der Waals surface area contributed by atoms with E-state index in [4.69, 9.17) is 9.84 Å². The van der Waals surface area contributed by atoms with Crippen molar-refractivity contribution in [2.24, 2.45) is 0 Å². The lowest BCUT2D eigenvalue weighted by atomic mass is 10.1. The molecule has 0 bridgehead atoms. The largest absolute Gasteiger partial charge is 0.481 e. The molecule has 5 heteroatoms. The number of aliphatic carboxylic acids is 1. The summed E-state index contributed by atoms with van der Waals surface area (Å²) in [6.45, 7) is 3.33. The Bertz CT molecular complexity index is 550. The molecule has 0 aliphatic heterocycles. The number of carboxylic acid groups (broad SMARTS) is 1. The fraction of sp³-hybridized carbons (Fsp3) is 0.385. The van der Waals surface area contributed by atoms with Crippen LogP contribution in [0.25, 0.3) is 10.2 Å². The Labute approximate surface area is 109 Å². The molecule has 1 aromatic carbocycles. The second-order valence-electron chi connectivity index (χ2n) is 4.03. The van der Waals surface area contributed by atoms with E-state index in [9.17, 15) is 4.79 Å². The lowest BCUT2D eigenvalue weighted by Gasteiger charge is -1.96. The van der Waals surface area contributed by atoms with Crippen molar-refractivity contribution in [2.75, 3.05) is 6.61 Å². The summed E-state index contributed by atoms with van der Waals surface area (Å²) in [4.78, 5) is 15.1. The van der Waals surface area contributed by atoms with Gasteiger partial charge in [0.05, 0.1) is 23.2 Å². The van der Waals surface area contributed by atoms with Crippen LogP contribution in [0.4, 0.5) is 0 Å². The SMILES string of the molecule is CCCOCc1nc2ccc(CC(=O)O)cc2s1. The number of carboxylic acids is 1. The Morgan fingerprint density at radius 1 is 1.50 bits per heavy atom.